The van der Waals surface area contributed by atoms with Crippen LogP contribution < -0.4 is 0 Å². The van der Waals surface area contributed by atoms with E-state index in [1.807, 2.05) is 0 Å². The monoisotopic (exact) mass is 204 g/mol. The minimum atomic E-state index is 0.600. The van der Waals surface area contributed by atoms with Crippen LogP contribution >= 0.6 is 15.9 Å². The van der Waals surface area contributed by atoms with Crippen molar-refractivity contribution >= 4 is 22.2 Å². The van der Waals surface area contributed by atoms with Crippen LogP contribution in [-0.2, 0) is 4.79 Å². The van der Waals surface area contributed by atoms with Crippen LogP contribution in [0.3, 0.4) is 0 Å². The van der Waals surface area contributed by atoms with Crippen molar-refractivity contribution in [3.05, 3.63) is 0 Å². The average Bonchev–Trinajstić information content (AvgIpc) is 2.70. The number of aldehydes is 1. The van der Waals surface area contributed by atoms with Crippen molar-refractivity contribution in [2.75, 3.05) is 5.33 Å². The molecule has 1 fully saturated rings. The molecule has 0 aromatic heterocycles. The quantitative estimate of drug-likeness (QED) is 0.383. The van der Waals surface area contributed by atoms with Crippen molar-refractivity contribution in [3.63, 3.8) is 0 Å². The molecular formula is C8H13BrO. The molecule has 0 amide bonds. The summed E-state index contributed by atoms with van der Waals surface area (Å²) >= 11 is 3.50. The minimum absolute atomic E-state index is 0.600. The first-order valence-corrected chi connectivity index (χ1v) is 4.95. The largest absolute Gasteiger partial charge is 0.303 e. The molecule has 0 saturated heterocycles. The second-order valence-electron chi connectivity index (χ2n) is 3.19. The fraction of sp³-hybridized carbons (Fsp3) is 0.875. The van der Waals surface area contributed by atoms with Gasteiger partial charge in [-0.2, -0.15) is 0 Å². The van der Waals surface area contributed by atoms with E-state index in [2.05, 4.69) is 15.9 Å². The van der Waals surface area contributed by atoms with Crippen molar-refractivity contribution in [1.82, 2.24) is 0 Å². The Balaban J connectivity index is 2.06. The number of rotatable bonds is 5. The van der Waals surface area contributed by atoms with Crippen molar-refractivity contribution in [3.8, 4) is 0 Å². The zero-order chi connectivity index (χ0) is 7.45. The summed E-state index contributed by atoms with van der Waals surface area (Å²) in [7, 11) is 0. The molecule has 0 aromatic rings. The molecule has 1 aliphatic rings. The van der Waals surface area contributed by atoms with Gasteiger partial charge in [0.25, 0.3) is 0 Å². The zero-order valence-corrected chi connectivity index (χ0v) is 7.69. The van der Waals surface area contributed by atoms with Crippen LogP contribution in [0.2, 0.25) is 0 Å². The second-order valence-corrected chi connectivity index (χ2v) is 3.75. The van der Waals surface area contributed by atoms with Gasteiger partial charge in [0, 0.05) is 11.8 Å². The molecule has 0 atom stereocenters. The van der Waals surface area contributed by atoms with Gasteiger partial charge in [-0.3, -0.25) is 0 Å². The molecule has 0 aliphatic heterocycles. The topological polar surface area (TPSA) is 17.1 Å². The Hall–Kier alpha value is 0.150. The standard InChI is InChI=1S/C8H13BrO/c9-7-8(4-5-8)3-1-2-6-10/h6H,1-5,7H2. The van der Waals surface area contributed by atoms with Gasteiger partial charge in [-0.05, 0) is 31.1 Å². The van der Waals surface area contributed by atoms with Crippen LogP contribution in [0.5, 0.6) is 0 Å². The van der Waals surface area contributed by atoms with Crippen LogP contribution in [0.1, 0.15) is 32.1 Å². The van der Waals surface area contributed by atoms with Crippen LogP contribution in [0.15, 0.2) is 0 Å². The molecule has 0 unspecified atom stereocenters. The lowest BCUT2D eigenvalue weighted by molar-refractivity contribution is -0.107. The number of unbranched alkanes of at least 4 members (excludes halogenated alkanes) is 1. The van der Waals surface area contributed by atoms with Gasteiger partial charge in [0.2, 0.25) is 0 Å². The molecule has 0 spiro atoms. The van der Waals surface area contributed by atoms with Gasteiger partial charge in [-0.15, -0.1) is 0 Å². The van der Waals surface area contributed by atoms with Crippen LogP contribution in [0, 0.1) is 5.41 Å². The Morgan fingerprint density at radius 3 is 2.60 bits per heavy atom. The Morgan fingerprint density at radius 2 is 2.20 bits per heavy atom. The highest BCUT2D eigenvalue weighted by molar-refractivity contribution is 9.09. The molecule has 1 saturated carbocycles. The van der Waals surface area contributed by atoms with E-state index in [0.29, 0.717) is 5.41 Å². The molecule has 0 radical (unpaired) electrons. The SMILES string of the molecule is O=CCCCC1(CBr)CC1. The first kappa shape index (κ1) is 8.25. The third kappa shape index (κ3) is 2.08. The number of hydrogen-bond donors (Lipinski definition) is 0. The molecule has 0 N–H and O–H groups in total. The molecular weight excluding hydrogens is 192 g/mol. The van der Waals surface area contributed by atoms with E-state index < -0.39 is 0 Å². The maximum atomic E-state index is 9.99. The molecule has 2 heteroatoms. The van der Waals surface area contributed by atoms with E-state index in [9.17, 15) is 4.79 Å². The average molecular weight is 205 g/mol. The lowest BCUT2D eigenvalue weighted by atomic mass is 10.0. The van der Waals surface area contributed by atoms with Gasteiger partial charge in [-0.1, -0.05) is 15.9 Å². The van der Waals surface area contributed by atoms with Crippen LogP contribution in [0.4, 0.5) is 0 Å². The van der Waals surface area contributed by atoms with Crippen molar-refractivity contribution in [2.45, 2.75) is 32.1 Å². The predicted octanol–water partition coefficient (Wildman–Crippen LogP) is 2.53. The summed E-state index contributed by atoms with van der Waals surface area (Å²) in [5.41, 5.74) is 0.600. The smallest absolute Gasteiger partial charge is 0.119 e. The molecule has 1 rings (SSSR count). The van der Waals surface area contributed by atoms with Gasteiger partial charge in [0.1, 0.15) is 6.29 Å². The van der Waals surface area contributed by atoms with E-state index in [-0.39, 0.29) is 0 Å². The van der Waals surface area contributed by atoms with Gasteiger partial charge in [-0.25, -0.2) is 0 Å². The summed E-state index contributed by atoms with van der Waals surface area (Å²) in [4.78, 5) is 9.99. The highest BCUT2D eigenvalue weighted by Crippen LogP contribution is 2.50. The molecule has 58 valence electrons. The van der Waals surface area contributed by atoms with Crippen LogP contribution in [0.25, 0.3) is 0 Å². The molecule has 1 nitrogen and oxygen atoms in total. The van der Waals surface area contributed by atoms with E-state index in [1.165, 1.54) is 19.3 Å². The summed E-state index contributed by atoms with van der Waals surface area (Å²) in [5, 5.41) is 1.12. The van der Waals surface area contributed by atoms with Gasteiger partial charge < -0.3 is 4.79 Å². The number of alkyl halides is 1. The molecule has 0 heterocycles. The maximum Gasteiger partial charge on any atom is 0.119 e. The first-order chi connectivity index (χ1) is 4.83. The van der Waals surface area contributed by atoms with Gasteiger partial charge in [0.15, 0.2) is 0 Å². The third-order valence-corrected chi connectivity index (χ3v) is 3.46. The highest BCUT2D eigenvalue weighted by Gasteiger charge is 2.40. The molecule has 1 aliphatic carbocycles. The Kier molecular flexibility index (Phi) is 2.90. The molecule has 10 heavy (non-hydrogen) atoms. The summed E-state index contributed by atoms with van der Waals surface area (Å²) in [6, 6.07) is 0. The Bertz CT molecular complexity index is 118. The number of carbonyl (C=O) groups excluding carboxylic acids is 1. The van der Waals surface area contributed by atoms with Crippen molar-refractivity contribution in [2.24, 2.45) is 5.41 Å². The third-order valence-electron chi connectivity index (χ3n) is 2.27. The molecule has 0 bridgehead atoms. The van der Waals surface area contributed by atoms with E-state index in [4.69, 9.17) is 0 Å². The lowest BCUT2D eigenvalue weighted by Crippen LogP contribution is -2.00. The summed E-state index contributed by atoms with van der Waals surface area (Å²) in [5.74, 6) is 0. The van der Waals surface area contributed by atoms with Gasteiger partial charge >= 0.3 is 0 Å². The summed E-state index contributed by atoms with van der Waals surface area (Å²) in [6.07, 6.45) is 6.79. The van der Waals surface area contributed by atoms with E-state index >= 15 is 0 Å². The Morgan fingerprint density at radius 1 is 1.50 bits per heavy atom. The number of halogens is 1. The van der Waals surface area contributed by atoms with Crippen LogP contribution in [-0.4, -0.2) is 11.6 Å². The predicted molar refractivity (Wildman–Crippen MR) is 45.4 cm³/mol. The van der Waals surface area contributed by atoms with E-state index in [1.54, 1.807) is 0 Å². The Labute approximate surface area is 70.3 Å². The van der Waals surface area contributed by atoms with E-state index in [0.717, 1.165) is 24.5 Å². The highest BCUT2D eigenvalue weighted by atomic mass is 79.9. The maximum absolute atomic E-state index is 9.99. The number of hydrogen-bond acceptors (Lipinski definition) is 1. The number of carbonyl (C=O) groups is 1. The lowest BCUT2D eigenvalue weighted by Gasteiger charge is -2.08. The summed E-state index contributed by atoms with van der Waals surface area (Å²) < 4.78 is 0. The normalized spacial score (nSPS) is 20.5. The fourth-order valence-electron chi connectivity index (χ4n) is 1.19. The second kappa shape index (κ2) is 3.51. The first-order valence-electron chi connectivity index (χ1n) is 3.83. The van der Waals surface area contributed by atoms with Gasteiger partial charge in [0.05, 0.1) is 0 Å². The zero-order valence-electron chi connectivity index (χ0n) is 6.11. The molecule has 0 aromatic carbocycles. The van der Waals surface area contributed by atoms with Crippen molar-refractivity contribution < 1.29 is 4.79 Å². The summed E-state index contributed by atoms with van der Waals surface area (Å²) in [6.45, 7) is 0. The minimum Gasteiger partial charge on any atom is -0.303 e. The fourth-order valence-corrected chi connectivity index (χ4v) is 2.03. The van der Waals surface area contributed by atoms with Crippen molar-refractivity contribution in [1.29, 1.82) is 0 Å².